The summed E-state index contributed by atoms with van der Waals surface area (Å²) >= 11 is 0. The summed E-state index contributed by atoms with van der Waals surface area (Å²) in [6.45, 7) is 9.19. The Hall–Kier alpha value is -1.50. The quantitative estimate of drug-likeness (QED) is 0.694. The summed E-state index contributed by atoms with van der Waals surface area (Å²) < 4.78 is 13.1. The second kappa shape index (κ2) is 8.38. The van der Waals surface area contributed by atoms with Gasteiger partial charge in [-0.05, 0) is 32.0 Å². The van der Waals surface area contributed by atoms with Gasteiger partial charge in [0, 0.05) is 38.9 Å². The van der Waals surface area contributed by atoms with Gasteiger partial charge in [0.05, 0.1) is 19.8 Å². The lowest BCUT2D eigenvalue weighted by atomic mass is 10.2. The fourth-order valence-corrected chi connectivity index (χ4v) is 3.02. The number of hydrogen-bond acceptors (Lipinski definition) is 5. The maximum absolute atomic E-state index is 5.51. The number of fused-ring (bicyclic) bond motifs is 1. The fourth-order valence-electron chi connectivity index (χ4n) is 3.02. The molecule has 2 aromatic heterocycles. The number of aromatic nitrogens is 3. The van der Waals surface area contributed by atoms with Crippen molar-refractivity contribution in [3.63, 3.8) is 0 Å². The van der Waals surface area contributed by atoms with Gasteiger partial charge in [-0.25, -0.2) is 9.97 Å². The van der Waals surface area contributed by atoms with Gasteiger partial charge < -0.3 is 14.0 Å². The van der Waals surface area contributed by atoms with E-state index in [1.54, 1.807) is 0 Å². The van der Waals surface area contributed by atoms with Gasteiger partial charge in [0.1, 0.15) is 11.3 Å². The molecule has 0 unspecified atom stereocenters. The molecule has 0 saturated carbocycles. The lowest BCUT2D eigenvalue weighted by Gasteiger charge is -2.26. The molecule has 1 saturated heterocycles. The van der Waals surface area contributed by atoms with E-state index >= 15 is 0 Å². The Morgan fingerprint density at radius 3 is 2.96 bits per heavy atom. The molecule has 0 bridgehead atoms. The van der Waals surface area contributed by atoms with Gasteiger partial charge in [-0.2, -0.15) is 0 Å². The Morgan fingerprint density at radius 1 is 1.26 bits per heavy atom. The summed E-state index contributed by atoms with van der Waals surface area (Å²) in [7, 11) is 0. The molecule has 6 heteroatoms. The molecule has 126 valence electrons. The molecule has 6 nitrogen and oxygen atoms in total. The second-order valence-corrected chi connectivity index (χ2v) is 5.78. The van der Waals surface area contributed by atoms with Gasteiger partial charge >= 0.3 is 0 Å². The predicted molar refractivity (Wildman–Crippen MR) is 89.6 cm³/mol. The molecule has 0 spiro atoms. The van der Waals surface area contributed by atoms with Gasteiger partial charge in [0.15, 0.2) is 5.65 Å². The van der Waals surface area contributed by atoms with Crippen LogP contribution >= 0.6 is 0 Å². The Bertz CT molecular complexity index is 608. The highest BCUT2D eigenvalue weighted by molar-refractivity contribution is 5.71. The predicted octanol–water partition coefficient (Wildman–Crippen LogP) is 1.73. The number of hydrogen-bond donors (Lipinski definition) is 0. The Labute approximate surface area is 137 Å². The van der Waals surface area contributed by atoms with Crippen molar-refractivity contribution >= 4 is 11.2 Å². The summed E-state index contributed by atoms with van der Waals surface area (Å²) in [6.07, 6.45) is 3.91. The SMILES string of the molecule is CCOCCn1c(CCCN2CCOCC2)nc2cccnc21. The molecule has 1 aliphatic heterocycles. The van der Waals surface area contributed by atoms with Crippen molar-refractivity contribution < 1.29 is 9.47 Å². The van der Waals surface area contributed by atoms with Crippen LogP contribution in [0.5, 0.6) is 0 Å². The van der Waals surface area contributed by atoms with Gasteiger partial charge in [0.25, 0.3) is 0 Å². The van der Waals surface area contributed by atoms with Crippen LogP contribution in [0.25, 0.3) is 11.2 Å². The molecule has 0 amide bonds. The summed E-state index contributed by atoms with van der Waals surface area (Å²) in [5, 5.41) is 0. The minimum Gasteiger partial charge on any atom is -0.380 e. The molecule has 3 rings (SSSR count). The normalized spacial score (nSPS) is 16.2. The number of nitrogens with zero attached hydrogens (tertiary/aromatic N) is 4. The second-order valence-electron chi connectivity index (χ2n) is 5.78. The van der Waals surface area contributed by atoms with E-state index < -0.39 is 0 Å². The van der Waals surface area contributed by atoms with Crippen LogP contribution in [0.4, 0.5) is 0 Å². The zero-order valence-corrected chi connectivity index (χ0v) is 13.9. The highest BCUT2D eigenvalue weighted by atomic mass is 16.5. The molecule has 0 radical (unpaired) electrons. The fraction of sp³-hybridized carbons (Fsp3) is 0.647. The van der Waals surface area contributed by atoms with Crippen molar-refractivity contribution in [1.82, 2.24) is 19.4 Å². The minimum absolute atomic E-state index is 0.703. The Kier molecular flexibility index (Phi) is 5.96. The van der Waals surface area contributed by atoms with E-state index in [1.165, 1.54) is 0 Å². The van der Waals surface area contributed by atoms with Gasteiger partial charge in [0.2, 0.25) is 0 Å². The van der Waals surface area contributed by atoms with E-state index in [0.717, 1.165) is 75.8 Å². The molecule has 23 heavy (non-hydrogen) atoms. The maximum atomic E-state index is 5.51. The van der Waals surface area contributed by atoms with Crippen molar-refractivity contribution in [2.24, 2.45) is 0 Å². The molecule has 3 heterocycles. The van der Waals surface area contributed by atoms with Crippen LogP contribution < -0.4 is 0 Å². The lowest BCUT2D eigenvalue weighted by Crippen LogP contribution is -2.37. The first kappa shape index (κ1) is 16.4. The molecule has 0 N–H and O–H groups in total. The highest BCUT2D eigenvalue weighted by Gasteiger charge is 2.13. The molecule has 0 aromatic carbocycles. The van der Waals surface area contributed by atoms with Crippen molar-refractivity contribution in [3.05, 3.63) is 24.2 Å². The largest absolute Gasteiger partial charge is 0.380 e. The summed E-state index contributed by atoms with van der Waals surface area (Å²) in [6, 6.07) is 3.98. The topological polar surface area (TPSA) is 52.4 Å². The third kappa shape index (κ3) is 4.28. The van der Waals surface area contributed by atoms with Gasteiger partial charge in [-0.1, -0.05) is 0 Å². The van der Waals surface area contributed by atoms with Crippen LogP contribution in [0.15, 0.2) is 18.3 Å². The van der Waals surface area contributed by atoms with Crippen molar-refractivity contribution in [3.8, 4) is 0 Å². The Morgan fingerprint density at radius 2 is 2.13 bits per heavy atom. The zero-order valence-electron chi connectivity index (χ0n) is 13.9. The first-order chi connectivity index (χ1) is 11.4. The molecular weight excluding hydrogens is 292 g/mol. The molecule has 1 aliphatic rings. The number of aryl methyl sites for hydroxylation is 1. The lowest BCUT2D eigenvalue weighted by molar-refractivity contribution is 0.0374. The van der Waals surface area contributed by atoms with Crippen molar-refractivity contribution in [1.29, 1.82) is 0 Å². The van der Waals surface area contributed by atoms with Crippen molar-refractivity contribution in [2.45, 2.75) is 26.3 Å². The maximum Gasteiger partial charge on any atom is 0.160 e. The van der Waals surface area contributed by atoms with Crippen molar-refractivity contribution in [2.75, 3.05) is 46.1 Å². The van der Waals surface area contributed by atoms with Gasteiger partial charge in [-0.15, -0.1) is 0 Å². The van der Waals surface area contributed by atoms with Crippen LogP contribution in [0, 0.1) is 0 Å². The van der Waals surface area contributed by atoms with Crippen LogP contribution in [0.2, 0.25) is 0 Å². The number of ether oxygens (including phenoxy) is 2. The summed E-state index contributed by atoms with van der Waals surface area (Å²) in [5.41, 5.74) is 1.94. The van der Waals surface area contributed by atoms with Gasteiger partial charge in [-0.3, -0.25) is 4.90 Å². The number of morpholine rings is 1. The van der Waals surface area contributed by atoms with E-state index in [-0.39, 0.29) is 0 Å². The minimum atomic E-state index is 0.703. The van der Waals surface area contributed by atoms with E-state index in [1.807, 2.05) is 25.3 Å². The monoisotopic (exact) mass is 318 g/mol. The van der Waals surface area contributed by atoms with Crippen LogP contribution in [-0.2, 0) is 22.4 Å². The molecule has 1 fully saturated rings. The first-order valence-corrected chi connectivity index (χ1v) is 8.56. The smallest absolute Gasteiger partial charge is 0.160 e. The average molecular weight is 318 g/mol. The van der Waals surface area contributed by atoms with E-state index in [2.05, 4.69) is 14.5 Å². The van der Waals surface area contributed by atoms with Crippen LogP contribution in [-0.4, -0.2) is 65.5 Å². The van der Waals surface area contributed by atoms with Crippen LogP contribution in [0.1, 0.15) is 19.2 Å². The summed E-state index contributed by atoms with van der Waals surface area (Å²) in [4.78, 5) is 11.7. The van der Waals surface area contributed by atoms with E-state index in [0.29, 0.717) is 6.61 Å². The third-order valence-electron chi connectivity index (χ3n) is 4.22. The Balaban J connectivity index is 1.64. The standard InChI is InChI=1S/C17H26N4O2/c1-2-22-14-11-21-16(19-15-5-3-7-18-17(15)21)6-4-8-20-9-12-23-13-10-20/h3,5,7H,2,4,6,8-14H2,1H3. The average Bonchev–Trinajstić information content (AvgIpc) is 2.94. The zero-order chi connectivity index (χ0) is 15.9. The number of rotatable bonds is 8. The van der Waals surface area contributed by atoms with E-state index in [4.69, 9.17) is 14.5 Å². The molecule has 0 aliphatic carbocycles. The molecule has 2 aromatic rings. The number of pyridine rings is 1. The molecule has 0 atom stereocenters. The van der Waals surface area contributed by atoms with E-state index in [9.17, 15) is 0 Å². The van der Waals surface area contributed by atoms with Crippen LogP contribution in [0.3, 0.4) is 0 Å². The molecular formula is C17H26N4O2. The first-order valence-electron chi connectivity index (χ1n) is 8.56. The summed E-state index contributed by atoms with van der Waals surface area (Å²) in [5.74, 6) is 1.12. The highest BCUT2D eigenvalue weighted by Crippen LogP contribution is 2.15. The third-order valence-corrected chi connectivity index (χ3v) is 4.22. The number of imidazole rings is 1.